The average molecular weight is 415 g/mol. The highest BCUT2D eigenvalue weighted by atomic mass is 32.2. The van der Waals surface area contributed by atoms with Crippen molar-refractivity contribution in [2.24, 2.45) is 0 Å². The number of nitrogens with zero attached hydrogens (tertiary/aromatic N) is 2. The second kappa shape index (κ2) is 7.68. The molecule has 0 bridgehead atoms. The third kappa shape index (κ3) is 3.67. The number of hydrogen-bond acceptors (Lipinski definition) is 4. The van der Waals surface area contributed by atoms with Crippen molar-refractivity contribution in [3.8, 4) is 0 Å². The first kappa shape index (κ1) is 21.1. The zero-order valence-corrected chi connectivity index (χ0v) is 19.3. The topological polar surface area (TPSA) is 23.6 Å². The molecule has 0 aliphatic carbocycles. The summed E-state index contributed by atoms with van der Waals surface area (Å²) in [5.74, 6) is 0.452. The number of amides is 1. The fraction of sp³-hybridized carbons (Fsp3) is 0.478. The average Bonchev–Trinajstić information content (AvgIpc) is 2.83. The molecule has 1 amide bonds. The molecular weight excluding hydrogens is 384 g/mol. The van der Waals surface area contributed by atoms with Gasteiger partial charge in [-0.1, -0.05) is 37.0 Å². The van der Waals surface area contributed by atoms with E-state index in [9.17, 15) is 4.79 Å². The molecule has 1 aromatic rings. The Balaban J connectivity index is 2.05. The molecule has 1 saturated heterocycles. The van der Waals surface area contributed by atoms with Gasteiger partial charge in [0.05, 0.1) is 4.91 Å². The number of benzene rings is 1. The van der Waals surface area contributed by atoms with E-state index in [2.05, 4.69) is 65.2 Å². The van der Waals surface area contributed by atoms with Crippen LogP contribution in [0.3, 0.4) is 0 Å². The SMILES string of the molecule is C=CCN1C(=O)/C(=C/c2cc3c(cc2C)N(C(C)C)C(C)(C)C[C@@H]3C)SC1=S. The lowest BCUT2D eigenvalue weighted by Gasteiger charge is -2.50. The third-order valence-electron chi connectivity index (χ3n) is 5.65. The number of thiocarbonyl (C=S) groups is 1. The van der Waals surface area contributed by atoms with E-state index in [0.717, 1.165) is 12.0 Å². The van der Waals surface area contributed by atoms with Crippen LogP contribution >= 0.6 is 24.0 Å². The van der Waals surface area contributed by atoms with Gasteiger partial charge in [-0.2, -0.15) is 0 Å². The first-order valence-corrected chi connectivity index (χ1v) is 11.1. The van der Waals surface area contributed by atoms with E-state index in [0.29, 0.717) is 27.7 Å². The zero-order chi connectivity index (χ0) is 20.8. The first-order valence-electron chi connectivity index (χ1n) is 9.87. The second-order valence-electron chi connectivity index (χ2n) is 8.73. The lowest BCUT2D eigenvalue weighted by atomic mass is 9.78. The van der Waals surface area contributed by atoms with Crippen molar-refractivity contribution in [3.05, 3.63) is 46.4 Å². The number of hydrogen-bond donors (Lipinski definition) is 0. The zero-order valence-electron chi connectivity index (χ0n) is 17.7. The summed E-state index contributed by atoms with van der Waals surface area (Å²) in [6, 6.07) is 5.00. The van der Waals surface area contributed by atoms with Gasteiger partial charge < -0.3 is 4.90 Å². The molecule has 1 fully saturated rings. The second-order valence-corrected chi connectivity index (χ2v) is 10.4. The smallest absolute Gasteiger partial charge is 0.266 e. The highest BCUT2D eigenvalue weighted by Gasteiger charge is 2.38. The van der Waals surface area contributed by atoms with Crippen LogP contribution in [0.15, 0.2) is 29.7 Å². The number of fused-ring (bicyclic) bond motifs is 1. The summed E-state index contributed by atoms with van der Waals surface area (Å²) in [7, 11) is 0. The molecule has 0 spiro atoms. The Kier molecular flexibility index (Phi) is 5.79. The predicted molar refractivity (Wildman–Crippen MR) is 126 cm³/mol. The maximum absolute atomic E-state index is 12.7. The van der Waals surface area contributed by atoms with E-state index >= 15 is 0 Å². The Bertz CT molecular complexity index is 870. The molecule has 0 radical (unpaired) electrons. The predicted octanol–water partition coefficient (Wildman–Crippen LogP) is 5.88. The summed E-state index contributed by atoms with van der Waals surface area (Å²) in [5.41, 5.74) is 5.11. The molecule has 0 aromatic heterocycles. The molecule has 3 nitrogen and oxygen atoms in total. The molecule has 3 rings (SSSR count). The molecule has 2 heterocycles. The number of thioether (sulfide) groups is 1. The summed E-state index contributed by atoms with van der Waals surface area (Å²) in [4.78, 5) is 17.5. The minimum absolute atomic E-state index is 0.0231. The number of carbonyl (C=O) groups excluding carboxylic acids is 1. The Morgan fingerprint density at radius 3 is 2.68 bits per heavy atom. The molecule has 1 atom stereocenters. The molecule has 2 aliphatic rings. The fourth-order valence-electron chi connectivity index (χ4n) is 4.67. The molecule has 0 N–H and O–H groups in total. The van der Waals surface area contributed by atoms with Crippen molar-refractivity contribution in [1.29, 1.82) is 0 Å². The summed E-state index contributed by atoms with van der Waals surface area (Å²) in [5, 5.41) is 0. The van der Waals surface area contributed by atoms with Gasteiger partial charge in [-0.05, 0) is 81.9 Å². The van der Waals surface area contributed by atoms with Crippen LogP contribution in [0.25, 0.3) is 6.08 Å². The minimum Gasteiger partial charge on any atom is -0.364 e. The Morgan fingerprint density at radius 2 is 2.07 bits per heavy atom. The Hall–Kier alpha value is -1.59. The van der Waals surface area contributed by atoms with E-state index in [1.807, 2.05) is 6.08 Å². The maximum Gasteiger partial charge on any atom is 0.266 e. The standard InChI is InChI=1S/C23H30N2OS2/c1-8-9-24-21(26)20(28-22(24)27)12-17-11-18-16(5)13-23(6,7)25(14(2)3)19(18)10-15(17)4/h8,10-12,14,16H,1,9,13H2,2-7H3/b20-12-/t16-/m0/s1. The van der Waals surface area contributed by atoms with Crippen LogP contribution in [0.2, 0.25) is 0 Å². The van der Waals surface area contributed by atoms with Crippen LogP contribution in [-0.4, -0.2) is 33.3 Å². The van der Waals surface area contributed by atoms with Crippen LogP contribution in [0, 0.1) is 6.92 Å². The molecule has 2 aliphatic heterocycles. The minimum atomic E-state index is -0.0231. The molecule has 5 heteroatoms. The van der Waals surface area contributed by atoms with Gasteiger partial charge in [0.25, 0.3) is 5.91 Å². The number of rotatable bonds is 4. The van der Waals surface area contributed by atoms with Crippen molar-refractivity contribution in [1.82, 2.24) is 4.90 Å². The molecule has 0 saturated carbocycles. The first-order chi connectivity index (χ1) is 13.1. The lowest BCUT2D eigenvalue weighted by molar-refractivity contribution is -0.121. The number of aryl methyl sites for hydroxylation is 1. The third-order valence-corrected chi connectivity index (χ3v) is 7.03. The molecule has 1 aromatic carbocycles. The summed E-state index contributed by atoms with van der Waals surface area (Å²) < 4.78 is 0.605. The van der Waals surface area contributed by atoms with E-state index in [4.69, 9.17) is 12.2 Å². The van der Waals surface area contributed by atoms with Crippen LogP contribution in [0.4, 0.5) is 5.69 Å². The van der Waals surface area contributed by atoms with Gasteiger partial charge in [0, 0.05) is 23.8 Å². The van der Waals surface area contributed by atoms with Crippen molar-refractivity contribution in [3.63, 3.8) is 0 Å². The maximum atomic E-state index is 12.7. The highest BCUT2D eigenvalue weighted by Crippen LogP contribution is 2.46. The van der Waals surface area contributed by atoms with E-state index in [1.165, 1.54) is 28.6 Å². The van der Waals surface area contributed by atoms with Crippen molar-refractivity contribution in [2.45, 2.75) is 65.5 Å². The fourth-order valence-corrected chi connectivity index (χ4v) is 5.94. The van der Waals surface area contributed by atoms with Gasteiger partial charge in [-0.25, -0.2) is 0 Å². The molecule has 150 valence electrons. The summed E-state index contributed by atoms with van der Waals surface area (Å²) in [6.45, 7) is 17.8. The molecular formula is C23H30N2OS2. The van der Waals surface area contributed by atoms with Crippen LogP contribution in [-0.2, 0) is 4.79 Å². The lowest BCUT2D eigenvalue weighted by Crippen LogP contribution is -2.51. The van der Waals surface area contributed by atoms with Gasteiger partial charge in [0.2, 0.25) is 0 Å². The van der Waals surface area contributed by atoms with Crippen LogP contribution in [0.5, 0.6) is 0 Å². The van der Waals surface area contributed by atoms with Gasteiger partial charge in [-0.15, -0.1) is 6.58 Å². The van der Waals surface area contributed by atoms with E-state index < -0.39 is 0 Å². The molecule has 0 unspecified atom stereocenters. The van der Waals surface area contributed by atoms with Crippen molar-refractivity contribution in [2.75, 3.05) is 11.4 Å². The van der Waals surface area contributed by atoms with Crippen LogP contribution < -0.4 is 4.90 Å². The Morgan fingerprint density at radius 1 is 1.39 bits per heavy atom. The summed E-state index contributed by atoms with van der Waals surface area (Å²) in [6.07, 6.45) is 4.83. The Labute approximate surface area is 178 Å². The summed E-state index contributed by atoms with van der Waals surface area (Å²) >= 11 is 6.75. The van der Waals surface area contributed by atoms with Gasteiger partial charge in [0.15, 0.2) is 0 Å². The largest absolute Gasteiger partial charge is 0.364 e. The number of anilines is 1. The van der Waals surface area contributed by atoms with Crippen molar-refractivity contribution < 1.29 is 4.79 Å². The molecule has 28 heavy (non-hydrogen) atoms. The van der Waals surface area contributed by atoms with E-state index in [1.54, 1.807) is 11.0 Å². The highest BCUT2D eigenvalue weighted by molar-refractivity contribution is 8.26. The van der Waals surface area contributed by atoms with E-state index in [-0.39, 0.29) is 11.4 Å². The van der Waals surface area contributed by atoms with Crippen molar-refractivity contribution >= 4 is 46.0 Å². The van der Waals surface area contributed by atoms with Gasteiger partial charge >= 0.3 is 0 Å². The van der Waals surface area contributed by atoms with Crippen LogP contribution in [0.1, 0.15) is 63.6 Å². The quantitative estimate of drug-likeness (QED) is 0.348. The van der Waals surface area contributed by atoms with Gasteiger partial charge in [-0.3, -0.25) is 9.69 Å². The normalized spacial score (nSPS) is 23.0. The number of carbonyl (C=O) groups is 1. The van der Waals surface area contributed by atoms with Gasteiger partial charge in [0.1, 0.15) is 4.32 Å². The monoisotopic (exact) mass is 414 g/mol.